The van der Waals surface area contributed by atoms with Gasteiger partial charge in [0.2, 0.25) is 0 Å². The van der Waals surface area contributed by atoms with Gasteiger partial charge in [0.1, 0.15) is 0 Å². The molecule has 1 saturated heterocycles. The monoisotopic (exact) mass is 223 g/mol. The van der Waals surface area contributed by atoms with Crippen LogP contribution in [0.3, 0.4) is 0 Å². The van der Waals surface area contributed by atoms with Crippen molar-refractivity contribution in [3.63, 3.8) is 0 Å². The first-order valence-corrected chi connectivity index (χ1v) is 7.20. The molecular formula is C15H29N. The number of hydrogen-bond acceptors (Lipinski definition) is 1. The van der Waals surface area contributed by atoms with Gasteiger partial charge in [0.15, 0.2) is 0 Å². The topological polar surface area (TPSA) is 3.24 Å². The standard InChI is InChI=1S/C15H29N/c1-5-13-10-14(2,3)12-15(4,11-13)16-8-6-7-9-16/h13H,5-12H2,1-4H3/t13-,15-/m0/s1. The molecule has 0 spiro atoms. The lowest BCUT2D eigenvalue weighted by Gasteiger charge is -2.51. The zero-order valence-corrected chi connectivity index (χ0v) is 11.7. The van der Waals surface area contributed by atoms with Crippen LogP contribution in [0, 0.1) is 11.3 Å². The molecule has 0 radical (unpaired) electrons. The Morgan fingerprint density at radius 2 is 1.69 bits per heavy atom. The molecule has 0 aromatic heterocycles. The minimum absolute atomic E-state index is 0.499. The van der Waals surface area contributed by atoms with Crippen molar-refractivity contribution in [1.29, 1.82) is 0 Å². The number of rotatable bonds is 2. The van der Waals surface area contributed by atoms with E-state index in [0.29, 0.717) is 11.0 Å². The SMILES string of the molecule is CC[C@H]1CC(C)(C)C[C@@](C)(N2CCCC2)C1. The highest BCUT2D eigenvalue weighted by Crippen LogP contribution is 2.48. The molecule has 1 aliphatic heterocycles. The lowest BCUT2D eigenvalue weighted by Crippen LogP contribution is -2.52. The summed E-state index contributed by atoms with van der Waals surface area (Å²) < 4.78 is 0. The Labute approximate surface area is 102 Å². The maximum atomic E-state index is 2.79. The first kappa shape index (κ1) is 12.4. The Kier molecular flexibility index (Phi) is 3.36. The molecule has 0 aromatic carbocycles. The molecule has 2 aliphatic rings. The van der Waals surface area contributed by atoms with E-state index >= 15 is 0 Å². The van der Waals surface area contributed by atoms with E-state index in [1.54, 1.807) is 0 Å². The molecule has 0 N–H and O–H groups in total. The number of likely N-dealkylation sites (tertiary alicyclic amines) is 1. The van der Waals surface area contributed by atoms with E-state index in [0.717, 1.165) is 5.92 Å². The fourth-order valence-electron chi connectivity index (χ4n) is 4.44. The number of hydrogen-bond donors (Lipinski definition) is 0. The van der Waals surface area contributed by atoms with Crippen LogP contribution in [0.4, 0.5) is 0 Å². The van der Waals surface area contributed by atoms with Gasteiger partial charge in [0.25, 0.3) is 0 Å². The summed E-state index contributed by atoms with van der Waals surface area (Å²) in [6.07, 6.45) is 8.49. The van der Waals surface area contributed by atoms with E-state index in [2.05, 4.69) is 32.6 Å². The Morgan fingerprint density at radius 3 is 2.25 bits per heavy atom. The van der Waals surface area contributed by atoms with Gasteiger partial charge in [-0.2, -0.15) is 0 Å². The minimum Gasteiger partial charge on any atom is -0.298 e. The summed E-state index contributed by atoms with van der Waals surface area (Å²) >= 11 is 0. The molecule has 94 valence electrons. The maximum absolute atomic E-state index is 2.79. The lowest BCUT2D eigenvalue weighted by atomic mass is 9.63. The average molecular weight is 223 g/mol. The van der Waals surface area contributed by atoms with Gasteiger partial charge < -0.3 is 0 Å². The summed E-state index contributed by atoms with van der Waals surface area (Å²) in [7, 11) is 0. The summed E-state index contributed by atoms with van der Waals surface area (Å²) in [6.45, 7) is 12.6. The molecule has 0 bridgehead atoms. The van der Waals surface area contributed by atoms with Gasteiger partial charge in [-0.1, -0.05) is 27.2 Å². The molecule has 0 unspecified atom stereocenters. The van der Waals surface area contributed by atoms with Gasteiger partial charge >= 0.3 is 0 Å². The van der Waals surface area contributed by atoms with Crippen LogP contribution in [-0.4, -0.2) is 23.5 Å². The van der Waals surface area contributed by atoms with Crippen LogP contribution in [0.5, 0.6) is 0 Å². The normalized spacial score (nSPS) is 40.1. The molecular weight excluding hydrogens is 194 g/mol. The van der Waals surface area contributed by atoms with Crippen LogP contribution in [0.1, 0.15) is 66.2 Å². The largest absolute Gasteiger partial charge is 0.298 e. The third kappa shape index (κ3) is 2.45. The third-order valence-electron chi connectivity index (χ3n) is 4.88. The summed E-state index contributed by atoms with van der Waals surface area (Å²) in [5.41, 5.74) is 1.05. The van der Waals surface area contributed by atoms with E-state index < -0.39 is 0 Å². The van der Waals surface area contributed by atoms with Crippen LogP contribution in [0.2, 0.25) is 0 Å². The lowest BCUT2D eigenvalue weighted by molar-refractivity contribution is 0.00335. The Bertz CT molecular complexity index is 240. The second-order valence-corrected chi connectivity index (χ2v) is 7.21. The molecule has 1 nitrogen and oxygen atoms in total. The predicted molar refractivity (Wildman–Crippen MR) is 70.6 cm³/mol. The van der Waals surface area contributed by atoms with E-state index in [4.69, 9.17) is 0 Å². The Balaban J connectivity index is 2.12. The quantitative estimate of drug-likeness (QED) is 0.682. The van der Waals surface area contributed by atoms with E-state index in [9.17, 15) is 0 Å². The predicted octanol–water partition coefficient (Wildman–Crippen LogP) is 4.08. The van der Waals surface area contributed by atoms with Crippen LogP contribution in [0.15, 0.2) is 0 Å². The van der Waals surface area contributed by atoms with Gasteiger partial charge in [-0.3, -0.25) is 4.90 Å². The van der Waals surface area contributed by atoms with Crippen LogP contribution < -0.4 is 0 Å². The molecule has 1 heterocycles. The molecule has 0 aromatic rings. The van der Waals surface area contributed by atoms with Crippen LogP contribution >= 0.6 is 0 Å². The average Bonchev–Trinajstić information content (AvgIpc) is 2.67. The van der Waals surface area contributed by atoms with Crippen molar-refractivity contribution in [2.45, 2.75) is 71.8 Å². The number of nitrogens with zero attached hydrogens (tertiary/aromatic N) is 1. The Morgan fingerprint density at radius 1 is 1.06 bits per heavy atom. The highest BCUT2D eigenvalue weighted by atomic mass is 15.2. The van der Waals surface area contributed by atoms with Gasteiger partial charge in [-0.15, -0.1) is 0 Å². The highest BCUT2D eigenvalue weighted by Gasteiger charge is 2.44. The molecule has 2 fully saturated rings. The third-order valence-corrected chi connectivity index (χ3v) is 4.88. The molecule has 2 atom stereocenters. The van der Waals surface area contributed by atoms with Gasteiger partial charge in [0.05, 0.1) is 0 Å². The molecule has 2 rings (SSSR count). The van der Waals surface area contributed by atoms with Crippen LogP contribution in [0.25, 0.3) is 0 Å². The first-order valence-electron chi connectivity index (χ1n) is 7.20. The molecule has 0 amide bonds. The summed E-state index contributed by atoms with van der Waals surface area (Å²) in [5, 5.41) is 0. The highest BCUT2D eigenvalue weighted by molar-refractivity contribution is 4.99. The molecule has 1 heteroatoms. The second-order valence-electron chi connectivity index (χ2n) is 7.21. The molecule has 1 saturated carbocycles. The van der Waals surface area contributed by atoms with E-state index in [1.165, 1.54) is 51.6 Å². The minimum atomic E-state index is 0.499. The molecule has 16 heavy (non-hydrogen) atoms. The van der Waals surface area contributed by atoms with Gasteiger partial charge in [0, 0.05) is 5.54 Å². The molecule has 1 aliphatic carbocycles. The fraction of sp³-hybridized carbons (Fsp3) is 1.00. The fourth-order valence-corrected chi connectivity index (χ4v) is 4.44. The van der Waals surface area contributed by atoms with Crippen molar-refractivity contribution >= 4 is 0 Å². The van der Waals surface area contributed by atoms with Gasteiger partial charge in [-0.05, 0) is 63.5 Å². The maximum Gasteiger partial charge on any atom is 0.0189 e. The van der Waals surface area contributed by atoms with Crippen molar-refractivity contribution < 1.29 is 0 Å². The van der Waals surface area contributed by atoms with Crippen molar-refractivity contribution in [3.8, 4) is 0 Å². The second kappa shape index (κ2) is 4.33. The smallest absolute Gasteiger partial charge is 0.0189 e. The first-order chi connectivity index (χ1) is 7.45. The van der Waals surface area contributed by atoms with Crippen molar-refractivity contribution in [2.75, 3.05) is 13.1 Å². The summed E-state index contributed by atoms with van der Waals surface area (Å²) in [5.74, 6) is 0.953. The van der Waals surface area contributed by atoms with Crippen molar-refractivity contribution in [2.24, 2.45) is 11.3 Å². The van der Waals surface area contributed by atoms with E-state index in [1.807, 2.05) is 0 Å². The zero-order chi connectivity index (χ0) is 11.8. The summed E-state index contributed by atoms with van der Waals surface area (Å²) in [6, 6.07) is 0. The summed E-state index contributed by atoms with van der Waals surface area (Å²) in [4.78, 5) is 2.79. The van der Waals surface area contributed by atoms with Crippen molar-refractivity contribution in [3.05, 3.63) is 0 Å². The van der Waals surface area contributed by atoms with Crippen molar-refractivity contribution in [1.82, 2.24) is 4.90 Å². The van der Waals surface area contributed by atoms with E-state index in [-0.39, 0.29) is 0 Å². The zero-order valence-electron chi connectivity index (χ0n) is 11.7. The van der Waals surface area contributed by atoms with Crippen LogP contribution in [-0.2, 0) is 0 Å². The Hall–Kier alpha value is -0.0400. The van der Waals surface area contributed by atoms with Gasteiger partial charge in [-0.25, -0.2) is 0 Å².